The summed E-state index contributed by atoms with van der Waals surface area (Å²) in [5.74, 6) is -0.435. The Hall–Kier alpha value is -1.59. The highest BCUT2D eigenvalue weighted by Crippen LogP contribution is 2.28. The van der Waals surface area contributed by atoms with E-state index < -0.39 is 15.9 Å². The molecule has 2 heterocycles. The van der Waals surface area contributed by atoms with Gasteiger partial charge in [-0.1, -0.05) is 16.1 Å². The first-order chi connectivity index (χ1) is 11.9. The van der Waals surface area contributed by atoms with Crippen LogP contribution >= 0.6 is 23.1 Å². The Kier molecular flexibility index (Phi) is 5.35. The van der Waals surface area contributed by atoms with Crippen LogP contribution in [0.1, 0.15) is 15.4 Å². The SMILES string of the molecule is Cc1nnsc1C(=O)Nc1cc(S(=O)(=O)N2CCOCC2)ccc1Cl. The molecule has 0 radical (unpaired) electrons. The van der Waals surface area contributed by atoms with Gasteiger partial charge in [-0.3, -0.25) is 4.79 Å². The Bertz CT molecular complexity index is 894. The summed E-state index contributed by atoms with van der Waals surface area (Å²) in [4.78, 5) is 12.7. The summed E-state index contributed by atoms with van der Waals surface area (Å²) in [6.45, 7) is 2.96. The number of rotatable bonds is 4. The highest BCUT2D eigenvalue weighted by atomic mass is 35.5. The quantitative estimate of drug-likeness (QED) is 0.836. The number of amides is 1. The Morgan fingerprint density at radius 3 is 2.72 bits per heavy atom. The molecule has 1 N–H and O–H groups in total. The average molecular weight is 403 g/mol. The number of carbonyl (C=O) groups is 1. The van der Waals surface area contributed by atoms with E-state index >= 15 is 0 Å². The van der Waals surface area contributed by atoms with Gasteiger partial charge >= 0.3 is 0 Å². The average Bonchev–Trinajstić information content (AvgIpc) is 3.03. The molecule has 1 aromatic carbocycles. The number of nitrogens with zero attached hydrogens (tertiary/aromatic N) is 3. The van der Waals surface area contributed by atoms with Crippen LogP contribution in [0, 0.1) is 6.92 Å². The standard InChI is InChI=1S/C14H15ClN4O4S2/c1-9-13(24-18-17-9)14(20)16-12-8-10(2-3-11(12)15)25(21,22)19-4-6-23-7-5-19/h2-3,8H,4-7H2,1H3,(H,16,20). The lowest BCUT2D eigenvalue weighted by molar-refractivity contribution is 0.0730. The topological polar surface area (TPSA) is 101 Å². The zero-order valence-corrected chi connectivity index (χ0v) is 15.6. The molecular weight excluding hydrogens is 388 g/mol. The largest absolute Gasteiger partial charge is 0.379 e. The van der Waals surface area contributed by atoms with Crippen LogP contribution in [0.3, 0.4) is 0 Å². The molecular formula is C14H15ClN4O4S2. The number of morpholine rings is 1. The monoisotopic (exact) mass is 402 g/mol. The zero-order chi connectivity index (χ0) is 18.0. The van der Waals surface area contributed by atoms with Crippen LogP contribution < -0.4 is 5.32 Å². The number of aryl methyl sites for hydroxylation is 1. The van der Waals surface area contributed by atoms with Crippen molar-refractivity contribution in [1.29, 1.82) is 0 Å². The third-order valence-electron chi connectivity index (χ3n) is 3.65. The number of carbonyl (C=O) groups excluding carboxylic acids is 1. The molecule has 1 aliphatic rings. The predicted molar refractivity (Wildman–Crippen MR) is 93.6 cm³/mol. The predicted octanol–water partition coefficient (Wildman–Crippen LogP) is 1.77. The summed E-state index contributed by atoms with van der Waals surface area (Å²) < 4.78 is 35.7. The second-order valence-corrected chi connectivity index (χ2v) is 8.40. The normalized spacial score (nSPS) is 15.9. The van der Waals surface area contributed by atoms with Gasteiger partial charge in [0.25, 0.3) is 5.91 Å². The zero-order valence-electron chi connectivity index (χ0n) is 13.2. The van der Waals surface area contributed by atoms with Gasteiger partial charge in [0.15, 0.2) is 0 Å². The first-order valence-corrected chi connectivity index (χ1v) is 9.96. The van der Waals surface area contributed by atoms with Crippen molar-refractivity contribution in [3.8, 4) is 0 Å². The van der Waals surface area contributed by atoms with Gasteiger partial charge in [0.2, 0.25) is 10.0 Å². The first-order valence-electron chi connectivity index (χ1n) is 7.37. The molecule has 1 aromatic heterocycles. The van der Waals surface area contributed by atoms with Crippen LogP contribution in [-0.2, 0) is 14.8 Å². The molecule has 0 bridgehead atoms. The van der Waals surface area contributed by atoms with Crippen molar-refractivity contribution in [1.82, 2.24) is 13.9 Å². The molecule has 8 nitrogen and oxygen atoms in total. The maximum absolute atomic E-state index is 12.7. The minimum atomic E-state index is -3.68. The number of nitrogens with one attached hydrogen (secondary N) is 1. The van der Waals surface area contributed by atoms with Crippen LogP contribution in [-0.4, -0.2) is 54.5 Å². The molecule has 1 amide bonds. The number of hydrogen-bond donors (Lipinski definition) is 1. The number of hydrogen-bond acceptors (Lipinski definition) is 7. The van der Waals surface area contributed by atoms with E-state index in [1.165, 1.54) is 22.5 Å². The van der Waals surface area contributed by atoms with Crippen molar-refractivity contribution in [3.05, 3.63) is 33.8 Å². The lowest BCUT2D eigenvalue weighted by Gasteiger charge is -2.26. The van der Waals surface area contributed by atoms with E-state index in [1.54, 1.807) is 6.92 Å². The van der Waals surface area contributed by atoms with E-state index in [-0.39, 0.29) is 15.6 Å². The molecule has 1 aliphatic heterocycles. The Balaban J connectivity index is 1.88. The van der Waals surface area contributed by atoms with Gasteiger partial charge < -0.3 is 10.1 Å². The first kappa shape index (κ1) is 18.2. The van der Waals surface area contributed by atoms with Crippen LogP contribution in [0.25, 0.3) is 0 Å². The number of ether oxygens (including phenoxy) is 1. The fourth-order valence-corrected chi connectivity index (χ4v) is 4.47. The number of halogens is 1. The molecule has 1 saturated heterocycles. The summed E-state index contributed by atoms with van der Waals surface area (Å²) in [6.07, 6.45) is 0. The van der Waals surface area contributed by atoms with E-state index in [9.17, 15) is 13.2 Å². The van der Waals surface area contributed by atoms with Crippen molar-refractivity contribution in [2.24, 2.45) is 0 Å². The third-order valence-corrected chi connectivity index (χ3v) is 6.70. The summed E-state index contributed by atoms with van der Waals surface area (Å²) in [5.41, 5.74) is 0.713. The Labute approximate surface area is 154 Å². The van der Waals surface area contributed by atoms with Gasteiger partial charge in [0.1, 0.15) is 4.88 Å². The second-order valence-electron chi connectivity index (χ2n) is 5.30. The smallest absolute Gasteiger partial charge is 0.269 e. The Morgan fingerprint density at radius 1 is 1.36 bits per heavy atom. The lowest BCUT2D eigenvalue weighted by Crippen LogP contribution is -2.40. The van der Waals surface area contributed by atoms with E-state index in [2.05, 4.69) is 14.9 Å². The minimum absolute atomic E-state index is 0.0632. The molecule has 0 aliphatic carbocycles. The maximum atomic E-state index is 12.7. The molecule has 0 atom stereocenters. The molecule has 11 heteroatoms. The highest BCUT2D eigenvalue weighted by molar-refractivity contribution is 7.89. The van der Waals surface area contributed by atoms with Crippen LogP contribution in [0.4, 0.5) is 5.69 Å². The summed E-state index contributed by atoms with van der Waals surface area (Å²) in [5, 5.41) is 6.64. The van der Waals surface area contributed by atoms with Gasteiger partial charge in [-0.05, 0) is 36.7 Å². The van der Waals surface area contributed by atoms with Gasteiger partial charge in [-0.2, -0.15) is 4.31 Å². The number of anilines is 1. The molecule has 134 valence electrons. The fourth-order valence-electron chi connectivity index (χ4n) is 2.32. The highest BCUT2D eigenvalue weighted by Gasteiger charge is 2.27. The van der Waals surface area contributed by atoms with E-state index in [4.69, 9.17) is 16.3 Å². The van der Waals surface area contributed by atoms with Gasteiger partial charge in [0.05, 0.1) is 34.5 Å². The molecule has 3 rings (SSSR count). The van der Waals surface area contributed by atoms with Crippen molar-refractivity contribution < 1.29 is 17.9 Å². The van der Waals surface area contributed by atoms with Crippen molar-refractivity contribution >= 4 is 44.8 Å². The number of benzene rings is 1. The molecule has 0 spiro atoms. The van der Waals surface area contributed by atoms with Crippen LogP contribution in [0.2, 0.25) is 5.02 Å². The summed E-state index contributed by atoms with van der Waals surface area (Å²) >= 11 is 7.06. The Morgan fingerprint density at radius 2 is 2.08 bits per heavy atom. The minimum Gasteiger partial charge on any atom is -0.379 e. The second kappa shape index (κ2) is 7.34. The number of sulfonamides is 1. The molecule has 1 fully saturated rings. The van der Waals surface area contributed by atoms with Gasteiger partial charge in [0, 0.05) is 13.1 Å². The molecule has 0 unspecified atom stereocenters. The van der Waals surface area contributed by atoms with Gasteiger partial charge in [-0.25, -0.2) is 8.42 Å². The summed E-state index contributed by atoms with van der Waals surface area (Å²) in [7, 11) is -3.68. The number of aromatic nitrogens is 2. The van der Waals surface area contributed by atoms with E-state index in [1.807, 2.05) is 0 Å². The van der Waals surface area contributed by atoms with E-state index in [0.717, 1.165) is 11.5 Å². The van der Waals surface area contributed by atoms with Crippen LogP contribution in [0.15, 0.2) is 23.1 Å². The van der Waals surface area contributed by atoms with Crippen molar-refractivity contribution in [2.75, 3.05) is 31.6 Å². The maximum Gasteiger partial charge on any atom is 0.269 e. The van der Waals surface area contributed by atoms with Gasteiger partial charge in [-0.15, -0.1) is 5.10 Å². The molecule has 0 saturated carbocycles. The van der Waals surface area contributed by atoms with Crippen molar-refractivity contribution in [3.63, 3.8) is 0 Å². The van der Waals surface area contributed by atoms with Crippen molar-refractivity contribution in [2.45, 2.75) is 11.8 Å². The van der Waals surface area contributed by atoms with Crippen LogP contribution in [0.5, 0.6) is 0 Å². The molecule has 2 aromatic rings. The fraction of sp³-hybridized carbons (Fsp3) is 0.357. The third kappa shape index (κ3) is 3.82. The van der Waals surface area contributed by atoms with E-state index in [0.29, 0.717) is 36.9 Å². The molecule has 25 heavy (non-hydrogen) atoms. The lowest BCUT2D eigenvalue weighted by atomic mass is 10.3. The summed E-state index contributed by atoms with van der Waals surface area (Å²) in [6, 6.07) is 4.22.